The van der Waals surface area contributed by atoms with Crippen molar-refractivity contribution in [1.29, 1.82) is 0 Å². The summed E-state index contributed by atoms with van der Waals surface area (Å²) in [5.41, 5.74) is 0. The van der Waals surface area contributed by atoms with Crippen LogP contribution in [0.4, 0.5) is 0 Å². The lowest BCUT2D eigenvalue weighted by molar-refractivity contribution is -0.141. The number of amides is 1. The van der Waals surface area contributed by atoms with Gasteiger partial charge in [0, 0.05) is 12.0 Å². The topological polar surface area (TPSA) is 66.4 Å². The minimum absolute atomic E-state index is 0.0632. The highest BCUT2D eigenvalue weighted by molar-refractivity contribution is 5.81. The lowest BCUT2D eigenvalue weighted by Crippen LogP contribution is -2.42. The van der Waals surface area contributed by atoms with Gasteiger partial charge in [0.25, 0.3) is 0 Å². The van der Waals surface area contributed by atoms with Crippen molar-refractivity contribution in [1.82, 2.24) is 5.32 Å². The summed E-state index contributed by atoms with van der Waals surface area (Å²) in [6.45, 7) is 0. The van der Waals surface area contributed by atoms with Crippen molar-refractivity contribution < 1.29 is 14.7 Å². The standard InChI is InChI=1S/C11H17NO3/c13-10(12-9-2-1-3-9)7-4-5-8(6-7)11(14)15/h7-9H,1-6H2,(H,12,13)(H,14,15). The maximum Gasteiger partial charge on any atom is 0.306 e. The smallest absolute Gasteiger partial charge is 0.306 e. The molecule has 0 heterocycles. The Morgan fingerprint density at radius 3 is 2.20 bits per heavy atom. The fraction of sp³-hybridized carbons (Fsp3) is 0.818. The Morgan fingerprint density at radius 2 is 1.73 bits per heavy atom. The van der Waals surface area contributed by atoms with Gasteiger partial charge in [0.05, 0.1) is 5.92 Å². The van der Waals surface area contributed by atoms with Gasteiger partial charge in [-0.1, -0.05) is 0 Å². The van der Waals surface area contributed by atoms with E-state index in [9.17, 15) is 9.59 Å². The van der Waals surface area contributed by atoms with Gasteiger partial charge in [-0.25, -0.2) is 0 Å². The quantitative estimate of drug-likeness (QED) is 0.736. The molecule has 4 nitrogen and oxygen atoms in total. The zero-order valence-electron chi connectivity index (χ0n) is 8.74. The summed E-state index contributed by atoms with van der Waals surface area (Å²) in [5, 5.41) is 11.8. The average molecular weight is 211 g/mol. The van der Waals surface area contributed by atoms with Crippen LogP contribution in [0.15, 0.2) is 0 Å². The zero-order valence-corrected chi connectivity index (χ0v) is 8.74. The number of carbonyl (C=O) groups is 2. The SMILES string of the molecule is O=C(O)C1CCC(C(=O)NC2CCC2)C1. The van der Waals surface area contributed by atoms with Crippen LogP contribution in [0.25, 0.3) is 0 Å². The Bertz CT molecular complexity index is 273. The van der Waals surface area contributed by atoms with E-state index in [4.69, 9.17) is 5.11 Å². The van der Waals surface area contributed by atoms with Crippen LogP contribution >= 0.6 is 0 Å². The maximum atomic E-state index is 11.7. The van der Waals surface area contributed by atoms with Crippen molar-refractivity contribution >= 4 is 11.9 Å². The van der Waals surface area contributed by atoms with Gasteiger partial charge in [-0.05, 0) is 38.5 Å². The molecule has 2 saturated carbocycles. The third kappa shape index (κ3) is 2.30. The van der Waals surface area contributed by atoms with E-state index >= 15 is 0 Å². The summed E-state index contributed by atoms with van der Waals surface area (Å²) in [4.78, 5) is 22.4. The molecule has 0 saturated heterocycles. The highest BCUT2D eigenvalue weighted by Crippen LogP contribution is 2.31. The molecule has 4 heteroatoms. The molecule has 0 aliphatic heterocycles. The number of carboxylic acids is 1. The summed E-state index contributed by atoms with van der Waals surface area (Å²) >= 11 is 0. The Balaban J connectivity index is 1.79. The van der Waals surface area contributed by atoms with Crippen molar-refractivity contribution in [3.63, 3.8) is 0 Å². The van der Waals surface area contributed by atoms with Gasteiger partial charge < -0.3 is 10.4 Å². The first kappa shape index (κ1) is 10.5. The summed E-state index contributed by atoms with van der Waals surface area (Å²) in [6.07, 6.45) is 5.27. The molecule has 0 radical (unpaired) electrons. The molecule has 2 N–H and O–H groups in total. The Labute approximate surface area is 89.0 Å². The summed E-state index contributed by atoms with van der Waals surface area (Å²) < 4.78 is 0. The van der Waals surface area contributed by atoms with Gasteiger partial charge in [-0.2, -0.15) is 0 Å². The van der Waals surface area contributed by atoms with Gasteiger partial charge in [0.15, 0.2) is 0 Å². The molecule has 0 spiro atoms. The highest BCUT2D eigenvalue weighted by atomic mass is 16.4. The maximum absolute atomic E-state index is 11.7. The van der Waals surface area contributed by atoms with Crippen LogP contribution in [0.1, 0.15) is 38.5 Å². The van der Waals surface area contributed by atoms with Crippen LogP contribution in [0.3, 0.4) is 0 Å². The predicted molar refractivity (Wildman–Crippen MR) is 54.2 cm³/mol. The van der Waals surface area contributed by atoms with Crippen LogP contribution in [0.5, 0.6) is 0 Å². The van der Waals surface area contributed by atoms with Crippen LogP contribution in [0, 0.1) is 11.8 Å². The molecule has 0 aromatic rings. The van der Waals surface area contributed by atoms with Crippen LogP contribution in [-0.2, 0) is 9.59 Å². The molecule has 2 aliphatic carbocycles. The number of nitrogens with one attached hydrogen (secondary N) is 1. The van der Waals surface area contributed by atoms with E-state index in [1.54, 1.807) is 0 Å². The third-order valence-corrected chi connectivity index (χ3v) is 3.60. The van der Waals surface area contributed by atoms with Crippen molar-refractivity contribution in [3.05, 3.63) is 0 Å². The van der Waals surface area contributed by atoms with Gasteiger partial charge in [0.2, 0.25) is 5.91 Å². The van der Waals surface area contributed by atoms with Gasteiger partial charge in [-0.3, -0.25) is 9.59 Å². The fourth-order valence-electron chi connectivity index (χ4n) is 2.32. The lowest BCUT2D eigenvalue weighted by Gasteiger charge is -2.27. The molecule has 2 rings (SSSR count). The van der Waals surface area contributed by atoms with Gasteiger partial charge in [-0.15, -0.1) is 0 Å². The molecule has 2 fully saturated rings. The molecule has 84 valence electrons. The molecule has 2 atom stereocenters. The monoisotopic (exact) mass is 211 g/mol. The number of hydrogen-bond acceptors (Lipinski definition) is 2. The van der Waals surface area contributed by atoms with Crippen LogP contribution in [0.2, 0.25) is 0 Å². The Kier molecular flexibility index (Phi) is 2.93. The van der Waals surface area contributed by atoms with E-state index in [0.717, 1.165) is 19.3 Å². The molecule has 2 aliphatic rings. The van der Waals surface area contributed by atoms with Crippen LogP contribution < -0.4 is 5.32 Å². The first-order valence-electron chi connectivity index (χ1n) is 5.70. The van der Waals surface area contributed by atoms with E-state index in [1.165, 1.54) is 6.42 Å². The van der Waals surface area contributed by atoms with E-state index < -0.39 is 5.97 Å². The first-order valence-corrected chi connectivity index (χ1v) is 5.70. The molecule has 0 aromatic carbocycles. The minimum atomic E-state index is -0.756. The summed E-state index contributed by atoms with van der Waals surface area (Å²) in [5.74, 6) is -1.05. The predicted octanol–water partition coefficient (Wildman–Crippen LogP) is 1.16. The molecule has 0 bridgehead atoms. The lowest BCUT2D eigenvalue weighted by atomic mass is 9.92. The van der Waals surface area contributed by atoms with Gasteiger partial charge in [0.1, 0.15) is 0 Å². The molecule has 2 unspecified atom stereocenters. The Hall–Kier alpha value is -1.06. The van der Waals surface area contributed by atoms with Crippen molar-refractivity contribution in [2.45, 2.75) is 44.6 Å². The largest absolute Gasteiger partial charge is 0.481 e. The van der Waals surface area contributed by atoms with Gasteiger partial charge >= 0.3 is 5.97 Å². The zero-order chi connectivity index (χ0) is 10.8. The van der Waals surface area contributed by atoms with Crippen molar-refractivity contribution in [2.24, 2.45) is 11.8 Å². The normalized spacial score (nSPS) is 30.9. The molecule has 0 aromatic heterocycles. The second kappa shape index (κ2) is 4.21. The number of hydrogen-bond donors (Lipinski definition) is 2. The molecule has 15 heavy (non-hydrogen) atoms. The van der Waals surface area contributed by atoms with Crippen molar-refractivity contribution in [3.8, 4) is 0 Å². The second-order valence-electron chi connectivity index (χ2n) is 4.68. The highest BCUT2D eigenvalue weighted by Gasteiger charge is 2.34. The first-order chi connectivity index (χ1) is 7.16. The van der Waals surface area contributed by atoms with E-state index in [0.29, 0.717) is 18.9 Å². The summed E-state index contributed by atoms with van der Waals surface area (Å²) in [7, 11) is 0. The van der Waals surface area contributed by atoms with E-state index in [1.807, 2.05) is 0 Å². The van der Waals surface area contributed by atoms with E-state index in [2.05, 4.69) is 5.32 Å². The molecular formula is C11H17NO3. The number of aliphatic carboxylic acids is 1. The second-order valence-corrected chi connectivity index (χ2v) is 4.68. The minimum Gasteiger partial charge on any atom is -0.481 e. The number of carbonyl (C=O) groups excluding carboxylic acids is 1. The third-order valence-electron chi connectivity index (χ3n) is 3.60. The summed E-state index contributed by atoms with van der Waals surface area (Å²) in [6, 6.07) is 0.362. The van der Waals surface area contributed by atoms with Crippen LogP contribution in [-0.4, -0.2) is 23.0 Å². The average Bonchev–Trinajstić information content (AvgIpc) is 2.59. The van der Waals surface area contributed by atoms with Crippen molar-refractivity contribution in [2.75, 3.05) is 0 Å². The Morgan fingerprint density at radius 1 is 1.07 bits per heavy atom. The van der Waals surface area contributed by atoms with E-state index in [-0.39, 0.29) is 17.7 Å². The fourth-order valence-corrected chi connectivity index (χ4v) is 2.32. The molecular weight excluding hydrogens is 194 g/mol. The number of carboxylic acid groups (broad SMARTS) is 1. The number of rotatable bonds is 3. The molecule has 1 amide bonds.